The first kappa shape index (κ1) is 13.4. The SMILES string of the molecule is O=C(O)c1ncccc1N1CCN(C2CCCC2)CC1. The molecule has 5 nitrogen and oxygen atoms in total. The topological polar surface area (TPSA) is 56.7 Å². The summed E-state index contributed by atoms with van der Waals surface area (Å²) >= 11 is 0. The summed E-state index contributed by atoms with van der Waals surface area (Å²) in [5, 5.41) is 9.22. The van der Waals surface area contributed by atoms with Crippen molar-refractivity contribution < 1.29 is 9.90 Å². The number of nitrogens with zero attached hydrogens (tertiary/aromatic N) is 3. The molecule has 1 aromatic rings. The molecule has 108 valence electrons. The molecule has 1 N–H and O–H groups in total. The zero-order valence-electron chi connectivity index (χ0n) is 11.7. The average molecular weight is 275 g/mol. The summed E-state index contributed by atoms with van der Waals surface area (Å²) in [6.45, 7) is 3.84. The summed E-state index contributed by atoms with van der Waals surface area (Å²) in [5.41, 5.74) is 0.924. The molecular formula is C15H21N3O2. The second-order valence-corrected chi connectivity index (χ2v) is 5.64. The molecule has 0 spiro atoms. The molecule has 2 fully saturated rings. The monoisotopic (exact) mass is 275 g/mol. The molecule has 2 heterocycles. The molecule has 1 saturated carbocycles. The quantitative estimate of drug-likeness (QED) is 0.912. The molecule has 1 aliphatic heterocycles. The number of carbonyl (C=O) groups is 1. The third-order valence-corrected chi connectivity index (χ3v) is 4.49. The van der Waals surface area contributed by atoms with Crippen molar-refractivity contribution in [3.05, 3.63) is 24.0 Å². The van der Waals surface area contributed by atoms with Crippen LogP contribution in [0.3, 0.4) is 0 Å². The second-order valence-electron chi connectivity index (χ2n) is 5.64. The molecule has 0 aromatic carbocycles. The number of anilines is 1. The molecule has 1 aromatic heterocycles. The van der Waals surface area contributed by atoms with E-state index in [2.05, 4.69) is 14.8 Å². The van der Waals surface area contributed by atoms with E-state index in [4.69, 9.17) is 0 Å². The number of aromatic carboxylic acids is 1. The second kappa shape index (κ2) is 5.79. The standard InChI is InChI=1S/C15H21N3O2/c19-15(20)14-13(6-3-7-16-14)18-10-8-17(9-11-18)12-4-1-2-5-12/h3,6-7,12H,1-2,4-5,8-11H2,(H,19,20). The van der Waals surface area contributed by atoms with Gasteiger partial charge in [0.05, 0.1) is 5.69 Å². The number of piperazine rings is 1. The van der Waals surface area contributed by atoms with E-state index in [0.29, 0.717) is 0 Å². The predicted octanol–water partition coefficient (Wildman–Crippen LogP) is 1.84. The van der Waals surface area contributed by atoms with E-state index >= 15 is 0 Å². The summed E-state index contributed by atoms with van der Waals surface area (Å²) in [4.78, 5) is 20.0. The summed E-state index contributed by atoms with van der Waals surface area (Å²) in [5.74, 6) is -0.946. The van der Waals surface area contributed by atoms with Crippen LogP contribution in [0.15, 0.2) is 18.3 Å². The number of carboxylic acid groups (broad SMARTS) is 1. The van der Waals surface area contributed by atoms with Gasteiger partial charge < -0.3 is 10.0 Å². The van der Waals surface area contributed by atoms with Gasteiger partial charge in [-0.1, -0.05) is 12.8 Å². The van der Waals surface area contributed by atoms with Crippen LogP contribution in [-0.2, 0) is 0 Å². The molecule has 1 aliphatic carbocycles. The smallest absolute Gasteiger partial charge is 0.356 e. The van der Waals surface area contributed by atoms with Crippen LogP contribution < -0.4 is 4.90 Å². The van der Waals surface area contributed by atoms with E-state index in [1.54, 1.807) is 6.20 Å². The molecule has 3 rings (SSSR count). The molecule has 5 heteroatoms. The fraction of sp³-hybridized carbons (Fsp3) is 0.600. The molecule has 1 saturated heterocycles. The first-order chi connectivity index (χ1) is 9.75. The molecule has 0 unspecified atom stereocenters. The van der Waals surface area contributed by atoms with Crippen molar-refractivity contribution in [2.24, 2.45) is 0 Å². The highest BCUT2D eigenvalue weighted by Crippen LogP contribution is 2.26. The Labute approximate surface area is 119 Å². The Kier molecular flexibility index (Phi) is 3.87. The molecule has 2 aliphatic rings. The number of rotatable bonds is 3. The van der Waals surface area contributed by atoms with Crippen molar-refractivity contribution in [2.45, 2.75) is 31.7 Å². The first-order valence-electron chi connectivity index (χ1n) is 7.43. The van der Waals surface area contributed by atoms with Crippen LogP contribution in [0.2, 0.25) is 0 Å². The number of hydrogen-bond donors (Lipinski definition) is 1. The molecule has 0 amide bonds. The van der Waals surface area contributed by atoms with Crippen molar-refractivity contribution in [2.75, 3.05) is 31.1 Å². The molecular weight excluding hydrogens is 254 g/mol. The van der Waals surface area contributed by atoms with Crippen molar-refractivity contribution in [1.29, 1.82) is 0 Å². The maximum atomic E-state index is 11.2. The minimum Gasteiger partial charge on any atom is -0.476 e. The molecule has 0 atom stereocenters. The van der Waals surface area contributed by atoms with Crippen molar-refractivity contribution >= 4 is 11.7 Å². The van der Waals surface area contributed by atoms with Gasteiger partial charge in [-0.3, -0.25) is 4.90 Å². The van der Waals surface area contributed by atoms with E-state index in [9.17, 15) is 9.90 Å². The van der Waals surface area contributed by atoms with Gasteiger partial charge in [0.15, 0.2) is 5.69 Å². The van der Waals surface area contributed by atoms with Gasteiger partial charge in [-0.05, 0) is 25.0 Å². The fourth-order valence-corrected chi connectivity index (χ4v) is 3.41. The van der Waals surface area contributed by atoms with Crippen LogP contribution in [0, 0.1) is 0 Å². The van der Waals surface area contributed by atoms with E-state index in [-0.39, 0.29) is 5.69 Å². The minimum atomic E-state index is -0.946. The Morgan fingerprint density at radius 1 is 1.20 bits per heavy atom. The van der Waals surface area contributed by atoms with Gasteiger partial charge in [0.25, 0.3) is 0 Å². The van der Waals surface area contributed by atoms with Crippen LogP contribution in [0.4, 0.5) is 5.69 Å². The molecule has 20 heavy (non-hydrogen) atoms. The Morgan fingerprint density at radius 2 is 1.90 bits per heavy atom. The van der Waals surface area contributed by atoms with Gasteiger partial charge >= 0.3 is 5.97 Å². The lowest BCUT2D eigenvalue weighted by atomic mass is 10.1. The van der Waals surface area contributed by atoms with Gasteiger partial charge in [0.2, 0.25) is 0 Å². The minimum absolute atomic E-state index is 0.168. The van der Waals surface area contributed by atoms with Gasteiger partial charge in [-0.25, -0.2) is 9.78 Å². The Balaban J connectivity index is 1.67. The van der Waals surface area contributed by atoms with Gasteiger partial charge in [-0.2, -0.15) is 0 Å². The third-order valence-electron chi connectivity index (χ3n) is 4.49. The molecule has 0 bridgehead atoms. The summed E-state index contributed by atoms with van der Waals surface area (Å²) < 4.78 is 0. The summed E-state index contributed by atoms with van der Waals surface area (Å²) in [7, 11) is 0. The van der Waals surface area contributed by atoms with Gasteiger partial charge in [0.1, 0.15) is 0 Å². The van der Waals surface area contributed by atoms with Crippen molar-refractivity contribution in [3.63, 3.8) is 0 Å². The maximum absolute atomic E-state index is 11.2. The van der Waals surface area contributed by atoms with E-state index < -0.39 is 5.97 Å². The van der Waals surface area contributed by atoms with E-state index in [1.807, 2.05) is 12.1 Å². The van der Waals surface area contributed by atoms with Crippen LogP contribution in [-0.4, -0.2) is 53.2 Å². The largest absolute Gasteiger partial charge is 0.476 e. The highest BCUT2D eigenvalue weighted by atomic mass is 16.4. The zero-order chi connectivity index (χ0) is 13.9. The first-order valence-corrected chi connectivity index (χ1v) is 7.43. The van der Waals surface area contributed by atoms with E-state index in [0.717, 1.165) is 37.9 Å². The third kappa shape index (κ3) is 2.63. The average Bonchev–Trinajstić information content (AvgIpc) is 3.02. The normalized spacial score (nSPS) is 21.3. The van der Waals surface area contributed by atoms with Crippen LogP contribution in [0.1, 0.15) is 36.2 Å². The Bertz CT molecular complexity index is 478. The lowest BCUT2D eigenvalue weighted by Crippen LogP contribution is -2.50. The summed E-state index contributed by atoms with van der Waals surface area (Å²) in [6, 6.07) is 4.43. The van der Waals surface area contributed by atoms with Gasteiger partial charge in [-0.15, -0.1) is 0 Å². The fourth-order valence-electron chi connectivity index (χ4n) is 3.41. The predicted molar refractivity (Wildman–Crippen MR) is 77.2 cm³/mol. The molecule has 0 radical (unpaired) electrons. The van der Waals surface area contributed by atoms with Gasteiger partial charge in [0, 0.05) is 38.4 Å². The van der Waals surface area contributed by atoms with E-state index in [1.165, 1.54) is 25.7 Å². The number of pyridine rings is 1. The van der Waals surface area contributed by atoms with Crippen LogP contribution >= 0.6 is 0 Å². The van der Waals surface area contributed by atoms with Crippen molar-refractivity contribution in [3.8, 4) is 0 Å². The number of hydrogen-bond acceptors (Lipinski definition) is 4. The lowest BCUT2D eigenvalue weighted by Gasteiger charge is -2.39. The highest BCUT2D eigenvalue weighted by Gasteiger charge is 2.27. The summed E-state index contributed by atoms with van der Waals surface area (Å²) in [6.07, 6.45) is 6.91. The van der Waals surface area contributed by atoms with Crippen LogP contribution in [0.25, 0.3) is 0 Å². The zero-order valence-corrected chi connectivity index (χ0v) is 11.7. The van der Waals surface area contributed by atoms with Crippen LogP contribution in [0.5, 0.6) is 0 Å². The lowest BCUT2D eigenvalue weighted by molar-refractivity contribution is 0.0691. The maximum Gasteiger partial charge on any atom is 0.356 e. The number of aromatic nitrogens is 1. The Hall–Kier alpha value is -1.62. The highest BCUT2D eigenvalue weighted by molar-refractivity contribution is 5.92. The number of carboxylic acids is 1. The van der Waals surface area contributed by atoms with Crippen molar-refractivity contribution in [1.82, 2.24) is 9.88 Å². The Morgan fingerprint density at radius 3 is 2.55 bits per heavy atom.